The second-order valence-corrected chi connectivity index (χ2v) is 8.05. The first kappa shape index (κ1) is 18.4. The fraction of sp³-hybridized carbons (Fsp3) is 0.500. The Morgan fingerprint density at radius 2 is 2.04 bits per heavy atom. The van der Waals surface area contributed by atoms with Gasteiger partial charge in [-0.25, -0.2) is 12.8 Å². The van der Waals surface area contributed by atoms with Crippen molar-refractivity contribution in [2.24, 2.45) is 5.92 Å². The van der Waals surface area contributed by atoms with E-state index in [1.165, 1.54) is 6.07 Å². The Labute approximate surface area is 140 Å². The number of rotatable bonds is 7. The minimum absolute atomic E-state index is 0.00172. The normalized spacial score (nSPS) is 19.0. The topological polar surface area (TPSA) is 89.5 Å². The first-order chi connectivity index (χ1) is 11.4. The average molecular weight is 357 g/mol. The van der Waals surface area contributed by atoms with Crippen LogP contribution in [0.15, 0.2) is 24.3 Å². The average Bonchev–Trinajstić information content (AvgIpc) is 2.86. The van der Waals surface area contributed by atoms with Crippen LogP contribution in [0.5, 0.6) is 0 Å². The molecule has 0 spiro atoms. The molecule has 0 saturated carbocycles. The van der Waals surface area contributed by atoms with Gasteiger partial charge >= 0.3 is 5.97 Å². The van der Waals surface area contributed by atoms with E-state index in [4.69, 9.17) is 4.74 Å². The van der Waals surface area contributed by atoms with E-state index in [0.29, 0.717) is 18.4 Å². The number of benzene rings is 1. The fourth-order valence-electron chi connectivity index (χ4n) is 2.56. The van der Waals surface area contributed by atoms with Gasteiger partial charge in [-0.2, -0.15) is 0 Å². The highest BCUT2D eigenvalue weighted by atomic mass is 32.2. The van der Waals surface area contributed by atoms with Gasteiger partial charge in [-0.1, -0.05) is 18.2 Å². The van der Waals surface area contributed by atoms with Crippen LogP contribution in [0.1, 0.15) is 18.4 Å². The third-order valence-electron chi connectivity index (χ3n) is 3.82. The number of nitrogens with one attached hydrogen (secondary N) is 1. The Bertz CT molecular complexity index is 704. The fourth-order valence-corrected chi connectivity index (χ4v) is 4.42. The van der Waals surface area contributed by atoms with E-state index in [1.54, 1.807) is 18.2 Å². The molecule has 0 aromatic heterocycles. The summed E-state index contributed by atoms with van der Waals surface area (Å²) < 4.78 is 40.8. The summed E-state index contributed by atoms with van der Waals surface area (Å²) in [4.78, 5) is 23.2. The number of halogens is 1. The van der Waals surface area contributed by atoms with Crippen LogP contribution in [-0.2, 0) is 30.6 Å². The van der Waals surface area contributed by atoms with Crippen molar-refractivity contribution >= 4 is 21.7 Å². The summed E-state index contributed by atoms with van der Waals surface area (Å²) in [6.45, 7) is -0.187. The van der Waals surface area contributed by atoms with Gasteiger partial charge in [0.15, 0.2) is 16.4 Å². The Morgan fingerprint density at radius 1 is 1.29 bits per heavy atom. The molecular weight excluding hydrogens is 337 g/mol. The molecule has 1 N–H and O–H groups in total. The van der Waals surface area contributed by atoms with Gasteiger partial charge in [0.2, 0.25) is 0 Å². The Kier molecular flexibility index (Phi) is 6.30. The summed E-state index contributed by atoms with van der Waals surface area (Å²) in [6, 6.07) is 6.29. The van der Waals surface area contributed by atoms with Gasteiger partial charge < -0.3 is 10.1 Å². The van der Waals surface area contributed by atoms with E-state index in [1.807, 2.05) is 0 Å². The standard InChI is InChI=1S/C16H20FNO5S/c17-14-4-2-1-3-13(14)5-7-18-15(19)10-23-16(20)9-12-6-8-24(21,22)11-12/h1-4,12H,5-11H2,(H,18,19)/t12-/m0/s1. The van der Waals surface area contributed by atoms with E-state index >= 15 is 0 Å². The van der Waals surface area contributed by atoms with E-state index in [0.717, 1.165) is 0 Å². The van der Waals surface area contributed by atoms with Crippen LogP contribution in [0, 0.1) is 11.7 Å². The molecule has 8 heteroatoms. The number of carbonyl (C=O) groups excluding carboxylic acids is 2. The van der Waals surface area contributed by atoms with Crippen LogP contribution in [0.3, 0.4) is 0 Å². The summed E-state index contributed by atoms with van der Waals surface area (Å²) >= 11 is 0. The van der Waals surface area contributed by atoms with Crippen LogP contribution < -0.4 is 5.32 Å². The lowest BCUT2D eigenvalue weighted by molar-refractivity contribution is -0.149. The Balaban J connectivity index is 1.62. The lowest BCUT2D eigenvalue weighted by Crippen LogP contribution is -2.30. The lowest BCUT2D eigenvalue weighted by Gasteiger charge is -2.09. The molecule has 0 aliphatic carbocycles. The van der Waals surface area contributed by atoms with E-state index in [-0.39, 0.29) is 36.2 Å². The number of hydrogen-bond acceptors (Lipinski definition) is 5. The number of amides is 1. The monoisotopic (exact) mass is 357 g/mol. The van der Waals surface area contributed by atoms with Gasteiger partial charge in [0.05, 0.1) is 11.5 Å². The number of carbonyl (C=O) groups is 2. The number of sulfone groups is 1. The summed E-state index contributed by atoms with van der Waals surface area (Å²) in [5.41, 5.74) is 0.497. The molecule has 1 heterocycles. The second kappa shape index (κ2) is 8.23. The van der Waals surface area contributed by atoms with Crippen molar-refractivity contribution in [3.05, 3.63) is 35.6 Å². The van der Waals surface area contributed by atoms with E-state index < -0.39 is 28.3 Å². The van der Waals surface area contributed by atoms with Crippen molar-refractivity contribution in [1.82, 2.24) is 5.32 Å². The molecule has 1 amide bonds. The summed E-state index contributed by atoms with van der Waals surface area (Å²) in [5.74, 6) is -1.52. The highest BCUT2D eigenvalue weighted by Gasteiger charge is 2.29. The first-order valence-electron chi connectivity index (χ1n) is 7.72. The van der Waals surface area contributed by atoms with Crippen molar-refractivity contribution in [2.45, 2.75) is 19.3 Å². The van der Waals surface area contributed by atoms with Crippen molar-refractivity contribution < 1.29 is 27.1 Å². The molecule has 2 rings (SSSR count). The Morgan fingerprint density at radius 3 is 2.71 bits per heavy atom. The molecule has 1 aromatic rings. The molecule has 0 unspecified atom stereocenters. The number of hydrogen-bond donors (Lipinski definition) is 1. The van der Waals surface area contributed by atoms with Crippen molar-refractivity contribution in [2.75, 3.05) is 24.7 Å². The maximum absolute atomic E-state index is 13.4. The van der Waals surface area contributed by atoms with Crippen molar-refractivity contribution in [3.63, 3.8) is 0 Å². The minimum Gasteiger partial charge on any atom is -0.456 e. The second-order valence-electron chi connectivity index (χ2n) is 5.83. The smallest absolute Gasteiger partial charge is 0.306 e. The van der Waals surface area contributed by atoms with Crippen LogP contribution in [0.4, 0.5) is 4.39 Å². The zero-order valence-electron chi connectivity index (χ0n) is 13.2. The molecule has 1 aliphatic heterocycles. The van der Waals surface area contributed by atoms with Crippen LogP contribution in [0.2, 0.25) is 0 Å². The lowest BCUT2D eigenvalue weighted by atomic mass is 10.1. The molecule has 0 radical (unpaired) electrons. The van der Waals surface area contributed by atoms with Crippen LogP contribution in [0.25, 0.3) is 0 Å². The van der Waals surface area contributed by atoms with Gasteiger partial charge in [-0.3, -0.25) is 9.59 Å². The molecule has 1 aromatic carbocycles. The predicted molar refractivity (Wildman–Crippen MR) is 85.5 cm³/mol. The van der Waals surface area contributed by atoms with Crippen LogP contribution >= 0.6 is 0 Å². The largest absolute Gasteiger partial charge is 0.456 e. The van der Waals surface area contributed by atoms with Gasteiger partial charge in [0.25, 0.3) is 5.91 Å². The van der Waals surface area contributed by atoms with E-state index in [2.05, 4.69) is 5.32 Å². The highest BCUT2D eigenvalue weighted by Crippen LogP contribution is 2.21. The summed E-state index contributed by atoms with van der Waals surface area (Å²) in [5, 5.41) is 2.54. The van der Waals surface area contributed by atoms with Crippen molar-refractivity contribution in [1.29, 1.82) is 0 Å². The molecule has 1 fully saturated rings. The molecule has 1 saturated heterocycles. The van der Waals surface area contributed by atoms with Gasteiger partial charge in [-0.05, 0) is 30.4 Å². The third-order valence-corrected chi connectivity index (χ3v) is 5.66. The Hall–Kier alpha value is -1.96. The zero-order valence-corrected chi connectivity index (χ0v) is 14.0. The van der Waals surface area contributed by atoms with Crippen molar-refractivity contribution in [3.8, 4) is 0 Å². The molecule has 1 aliphatic rings. The van der Waals surface area contributed by atoms with E-state index in [9.17, 15) is 22.4 Å². The first-order valence-corrected chi connectivity index (χ1v) is 9.54. The maximum Gasteiger partial charge on any atom is 0.306 e. The molecule has 132 valence electrons. The predicted octanol–water partition coefficient (Wildman–Crippen LogP) is 0.852. The SMILES string of the molecule is O=C(COC(=O)C[C@@H]1CCS(=O)(=O)C1)NCCc1ccccc1F. The summed E-state index contributed by atoms with van der Waals surface area (Å²) in [7, 11) is -3.03. The van der Waals surface area contributed by atoms with Gasteiger partial charge in [0, 0.05) is 13.0 Å². The molecule has 6 nitrogen and oxygen atoms in total. The third kappa shape index (κ3) is 5.92. The zero-order chi connectivity index (χ0) is 17.6. The molecule has 1 atom stereocenters. The minimum atomic E-state index is -3.03. The summed E-state index contributed by atoms with van der Waals surface area (Å²) in [6.07, 6.45) is 0.792. The molecular formula is C16H20FNO5S. The number of esters is 1. The van der Waals surface area contributed by atoms with Gasteiger partial charge in [0.1, 0.15) is 5.82 Å². The maximum atomic E-state index is 13.4. The van der Waals surface area contributed by atoms with Gasteiger partial charge in [-0.15, -0.1) is 0 Å². The van der Waals surface area contributed by atoms with Crippen LogP contribution in [-0.4, -0.2) is 45.0 Å². The number of ether oxygens (including phenoxy) is 1. The molecule has 24 heavy (non-hydrogen) atoms. The quantitative estimate of drug-likeness (QED) is 0.731. The molecule has 0 bridgehead atoms. The highest BCUT2D eigenvalue weighted by molar-refractivity contribution is 7.91.